The van der Waals surface area contributed by atoms with Crippen LogP contribution in [0.3, 0.4) is 0 Å². The van der Waals surface area contributed by atoms with Gasteiger partial charge in [0, 0.05) is 6.07 Å². The third kappa shape index (κ3) is 2.77. The number of aryl methyl sites for hydroxylation is 1. The zero-order valence-corrected chi connectivity index (χ0v) is 11.8. The van der Waals surface area contributed by atoms with Crippen LogP contribution < -0.4 is 10.1 Å². The van der Waals surface area contributed by atoms with Crippen molar-refractivity contribution in [2.24, 2.45) is 0 Å². The molecule has 20 heavy (non-hydrogen) atoms. The number of anilines is 1. The third-order valence-corrected chi connectivity index (χ3v) is 3.91. The van der Waals surface area contributed by atoms with E-state index in [1.807, 2.05) is 18.3 Å². The second-order valence-corrected chi connectivity index (χ2v) is 5.23. The van der Waals surface area contributed by atoms with Crippen LogP contribution in [0, 0.1) is 0 Å². The number of ether oxygens (including phenoxy) is 1. The number of pyridine rings is 1. The second kappa shape index (κ2) is 5.95. The molecule has 0 bridgehead atoms. The molecule has 3 nitrogen and oxygen atoms in total. The Kier molecular flexibility index (Phi) is 3.86. The minimum absolute atomic E-state index is 0.379. The van der Waals surface area contributed by atoms with Gasteiger partial charge >= 0.3 is 0 Å². The van der Waals surface area contributed by atoms with Crippen molar-refractivity contribution in [2.45, 2.75) is 31.7 Å². The first-order valence-electron chi connectivity index (χ1n) is 7.21. The molecule has 1 aliphatic carbocycles. The zero-order chi connectivity index (χ0) is 13.8. The maximum atomic E-state index is 5.10. The molecule has 1 heterocycles. The molecule has 0 saturated heterocycles. The van der Waals surface area contributed by atoms with Gasteiger partial charge in [-0.1, -0.05) is 30.7 Å². The third-order valence-electron chi connectivity index (χ3n) is 3.91. The molecule has 2 aromatic rings. The molecule has 104 valence electrons. The lowest BCUT2D eigenvalue weighted by Gasteiger charge is -2.20. The Hall–Kier alpha value is -2.03. The van der Waals surface area contributed by atoms with Crippen molar-refractivity contribution in [3.63, 3.8) is 0 Å². The number of hydrogen-bond donors (Lipinski definition) is 1. The van der Waals surface area contributed by atoms with Gasteiger partial charge in [-0.3, -0.25) is 0 Å². The zero-order valence-electron chi connectivity index (χ0n) is 11.8. The number of methoxy groups -OCH3 is 1. The number of nitrogens with one attached hydrogen (secondary N) is 1. The van der Waals surface area contributed by atoms with Gasteiger partial charge < -0.3 is 10.1 Å². The first-order valence-corrected chi connectivity index (χ1v) is 7.21. The maximum Gasteiger partial charge on any atom is 0.213 e. The molecule has 1 aromatic carbocycles. The van der Waals surface area contributed by atoms with Crippen molar-refractivity contribution < 1.29 is 4.74 Å². The van der Waals surface area contributed by atoms with Gasteiger partial charge in [0.2, 0.25) is 5.88 Å². The first-order chi connectivity index (χ1) is 9.86. The van der Waals surface area contributed by atoms with Gasteiger partial charge in [0.15, 0.2) is 0 Å². The highest BCUT2D eigenvalue weighted by Gasteiger charge is 2.18. The molecule has 1 N–H and O–H groups in total. The van der Waals surface area contributed by atoms with Crippen molar-refractivity contribution in [1.29, 1.82) is 0 Å². The van der Waals surface area contributed by atoms with Gasteiger partial charge in [-0.2, -0.15) is 0 Å². The highest BCUT2D eigenvalue weighted by Crippen LogP contribution is 2.31. The molecule has 0 amide bonds. The van der Waals surface area contributed by atoms with Crippen molar-refractivity contribution in [2.75, 3.05) is 12.4 Å². The van der Waals surface area contributed by atoms with Crippen molar-refractivity contribution in [3.8, 4) is 5.88 Å². The fraction of sp³-hybridized carbons (Fsp3) is 0.353. The molecular weight excluding hydrogens is 248 g/mol. The SMILES string of the molecule is COc1ccc(NC2CCCCc3ccccc32)cn1. The van der Waals surface area contributed by atoms with Gasteiger partial charge in [-0.15, -0.1) is 0 Å². The summed E-state index contributed by atoms with van der Waals surface area (Å²) in [6, 6.07) is 13.1. The van der Waals surface area contributed by atoms with Crippen LogP contribution in [0.15, 0.2) is 42.6 Å². The predicted octanol–water partition coefficient (Wildman–Crippen LogP) is 3.97. The van der Waals surface area contributed by atoms with E-state index in [1.165, 1.54) is 36.8 Å². The van der Waals surface area contributed by atoms with E-state index in [4.69, 9.17) is 4.74 Å². The van der Waals surface area contributed by atoms with E-state index < -0.39 is 0 Å². The van der Waals surface area contributed by atoms with E-state index in [2.05, 4.69) is 34.6 Å². The lowest BCUT2D eigenvalue weighted by atomic mass is 9.99. The Morgan fingerprint density at radius 2 is 2.05 bits per heavy atom. The average Bonchev–Trinajstić information content (AvgIpc) is 2.71. The summed E-state index contributed by atoms with van der Waals surface area (Å²) in [6.07, 6.45) is 6.73. The monoisotopic (exact) mass is 268 g/mol. The lowest BCUT2D eigenvalue weighted by Crippen LogP contribution is -2.11. The number of rotatable bonds is 3. The van der Waals surface area contributed by atoms with Gasteiger partial charge in [0.25, 0.3) is 0 Å². The number of benzene rings is 1. The first kappa shape index (κ1) is 13.0. The van der Waals surface area contributed by atoms with Crippen LogP contribution in [0.5, 0.6) is 5.88 Å². The topological polar surface area (TPSA) is 34.1 Å². The van der Waals surface area contributed by atoms with Crippen molar-refractivity contribution in [1.82, 2.24) is 4.98 Å². The number of nitrogens with zero attached hydrogens (tertiary/aromatic N) is 1. The Bertz CT molecular complexity index is 565. The second-order valence-electron chi connectivity index (χ2n) is 5.23. The summed E-state index contributed by atoms with van der Waals surface area (Å²) in [7, 11) is 1.64. The van der Waals surface area contributed by atoms with E-state index in [1.54, 1.807) is 7.11 Å². The fourth-order valence-electron chi connectivity index (χ4n) is 2.86. The van der Waals surface area contributed by atoms with Crippen molar-refractivity contribution >= 4 is 5.69 Å². The van der Waals surface area contributed by atoms with Crippen LogP contribution in [0.4, 0.5) is 5.69 Å². The molecule has 0 aliphatic heterocycles. The highest BCUT2D eigenvalue weighted by molar-refractivity contribution is 5.46. The summed E-state index contributed by atoms with van der Waals surface area (Å²) >= 11 is 0. The van der Waals surface area contributed by atoms with E-state index >= 15 is 0 Å². The summed E-state index contributed by atoms with van der Waals surface area (Å²) in [5.41, 5.74) is 3.96. The maximum absolute atomic E-state index is 5.10. The Labute approximate surface area is 120 Å². The molecule has 1 unspecified atom stereocenters. The highest BCUT2D eigenvalue weighted by atomic mass is 16.5. The smallest absolute Gasteiger partial charge is 0.213 e. The molecular formula is C17H20N2O. The number of fused-ring (bicyclic) bond motifs is 1. The minimum Gasteiger partial charge on any atom is -0.481 e. The van der Waals surface area contributed by atoms with Gasteiger partial charge in [-0.05, 0) is 36.5 Å². The van der Waals surface area contributed by atoms with E-state index in [0.717, 1.165) is 5.69 Å². The summed E-state index contributed by atoms with van der Waals surface area (Å²) in [6.45, 7) is 0. The van der Waals surface area contributed by atoms with Gasteiger partial charge in [0.05, 0.1) is 25.0 Å². The van der Waals surface area contributed by atoms with Crippen LogP contribution in [-0.4, -0.2) is 12.1 Å². The van der Waals surface area contributed by atoms with Gasteiger partial charge in [-0.25, -0.2) is 4.98 Å². The molecule has 1 atom stereocenters. The summed E-state index contributed by atoms with van der Waals surface area (Å²) in [4.78, 5) is 4.26. The molecule has 3 rings (SSSR count). The van der Waals surface area contributed by atoms with Crippen LogP contribution >= 0.6 is 0 Å². The Morgan fingerprint density at radius 1 is 1.15 bits per heavy atom. The molecule has 0 saturated carbocycles. The molecule has 1 aliphatic rings. The van der Waals surface area contributed by atoms with Gasteiger partial charge in [0.1, 0.15) is 0 Å². The quantitative estimate of drug-likeness (QED) is 0.855. The van der Waals surface area contributed by atoms with Crippen molar-refractivity contribution in [3.05, 3.63) is 53.7 Å². The normalized spacial score (nSPS) is 17.9. The van der Waals surface area contributed by atoms with E-state index in [0.29, 0.717) is 11.9 Å². The molecule has 1 aromatic heterocycles. The summed E-state index contributed by atoms with van der Waals surface area (Å²) in [5.74, 6) is 0.650. The van der Waals surface area contributed by atoms with Crippen LogP contribution in [0.25, 0.3) is 0 Å². The summed E-state index contributed by atoms with van der Waals surface area (Å²) < 4.78 is 5.10. The van der Waals surface area contributed by atoms with Crippen LogP contribution in [-0.2, 0) is 6.42 Å². The largest absolute Gasteiger partial charge is 0.481 e. The Balaban J connectivity index is 1.82. The fourth-order valence-corrected chi connectivity index (χ4v) is 2.86. The predicted molar refractivity (Wildman–Crippen MR) is 81.1 cm³/mol. The molecule has 0 spiro atoms. The summed E-state index contributed by atoms with van der Waals surface area (Å²) in [5, 5.41) is 3.61. The molecule has 0 radical (unpaired) electrons. The van der Waals surface area contributed by atoms with Crippen LogP contribution in [0.2, 0.25) is 0 Å². The molecule has 0 fully saturated rings. The van der Waals surface area contributed by atoms with E-state index in [-0.39, 0.29) is 0 Å². The minimum atomic E-state index is 0.379. The average molecular weight is 268 g/mol. The Morgan fingerprint density at radius 3 is 2.85 bits per heavy atom. The number of hydrogen-bond acceptors (Lipinski definition) is 3. The number of aromatic nitrogens is 1. The lowest BCUT2D eigenvalue weighted by molar-refractivity contribution is 0.398. The van der Waals surface area contributed by atoms with Crippen LogP contribution in [0.1, 0.15) is 36.4 Å². The standard InChI is InChI=1S/C17H20N2O/c1-20-17-11-10-14(12-18-17)19-16-9-5-3-7-13-6-2-4-8-15(13)16/h2,4,6,8,10-12,16,19H,3,5,7,9H2,1H3. The van der Waals surface area contributed by atoms with E-state index in [9.17, 15) is 0 Å². The molecule has 3 heteroatoms.